The van der Waals surface area contributed by atoms with Gasteiger partial charge < -0.3 is 10.6 Å². The zero-order valence-corrected chi connectivity index (χ0v) is 8.13. The highest BCUT2D eigenvalue weighted by Crippen LogP contribution is 2.07. The molecule has 0 aromatic heterocycles. The van der Waals surface area contributed by atoms with Crippen LogP contribution in [0, 0.1) is 0 Å². The van der Waals surface area contributed by atoms with Crippen molar-refractivity contribution in [2.45, 2.75) is 6.42 Å². The first-order valence-corrected chi connectivity index (χ1v) is 4.27. The highest BCUT2D eigenvalue weighted by molar-refractivity contribution is 7.80. The van der Waals surface area contributed by atoms with Crippen LogP contribution in [0.3, 0.4) is 0 Å². The summed E-state index contributed by atoms with van der Waals surface area (Å²) in [6.07, 6.45) is 0.390. The Balaban J connectivity index is 2.54. The normalized spacial score (nSPS) is 17.0. The number of nitrogens with zero attached hydrogens (tertiary/aromatic N) is 2. The van der Waals surface area contributed by atoms with E-state index in [0.29, 0.717) is 11.4 Å². The van der Waals surface area contributed by atoms with E-state index in [2.05, 4.69) is 12.2 Å². The summed E-state index contributed by atoms with van der Waals surface area (Å²) in [6, 6.07) is -0.277. The molecular weight excluding hydrogens is 190 g/mol. The molecule has 0 atom stereocenters. The van der Waals surface area contributed by atoms with Gasteiger partial charge in [-0.15, -0.1) is 0 Å². The topological polar surface area (TPSA) is 66.6 Å². The Hall–Kier alpha value is -1.17. The Morgan fingerprint density at radius 3 is 2.62 bits per heavy atom. The summed E-state index contributed by atoms with van der Waals surface area (Å²) in [4.78, 5) is 25.3. The van der Waals surface area contributed by atoms with Gasteiger partial charge >= 0.3 is 6.03 Å². The predicted molar refractivity (Wildman–Crippen MR) is 51.1 cm³/mol. The summed E-state index contributed by atoms with van der Waals surface area (Å²) in [7, 11) is 1.58. The Kier molecular flexibility index (Phi) is 2.82. The number of thiocarbonyl (C=S) groups is 1. The zero-order valence-electron chi connectivity index (χ0n) is 7.32. The molecule has 5 nitrogen and oxygen atoms in total. The molecule has 1 aliphatic heterocycles. The molecule has 1 fully saturated rings. The minimum atomic E-state index is -0.277. The number of carbonyl (C=O) groups excluding carboxylic acids is 2. The monoisotopic (exact) mass is 201 g/mol. The van der Waals surface area contributed by atoms with Gasteiger partial charge in [0.25, 0.3) is 0 Å². The smallest absolute Gasteiger partial charge is 0.326 e. The molecule has 0 aromatic carbocycles. The quantitative estimate of drug-likeness (QED) is 0.496. The van der Waals surface area contributed by atoms with Gasteiger partial charge in [-0.05, 0) is 0 Å². The minimum Gasteiger partial charge on any atom is -0.393 e. The molecule has 0 spiro atoms. The van der Waals surface area contributed by atoms with Crippen molar-refractivity contribution in [3.05, 3.63) is 0 Å². The molecule has 1 heterocycles. The predicted octanol–water partition coefficient (Wildman–Crippen LogP) is -0.443. The first-order valence-electron chi connectivity index (χ1n) is 3.86. The third kappa shape index (κ3) is 2.15. The summed E-state index contributed by atoms with van der Waals surface area (Å²) in [5, 5.41) is 0. The number of carbonyl (C=O) groups is 2. The van der Waals surface area contributed by atoms with Crippen LogP contribution in [0.15, 0.2) is 0 Å². The van der Waals surface area contributed by atoms with E-state index in [1.807, 2.05) is 0 Å². The molecule has 0 radical (unpaired) electrons. The van der Waals surface area contributed by atoms with Crippen LogP contribution in [0.5, 0.6) is 0 Å². The summed E-state index contributed by atoms with van der Waals surface area (Å²) < 4.78 is 0. The molecule has 3 amide bonds. The summed E-state index contributed by atoms with van der Waals surface area (Å²) in [5.41, 5.74) is 5.26. The van der Waals surface area contributed by atoms with Crippen molar-refractivity contribution >= 4 is 29.1 Å². The first kappa shape index (κ1) is 9.91. The standard InChI is InChI=1S/C7H11N3O2S/c1-9-4-6(11)10(7(9)12)3-2-5(8)13/h2-4H2,1H3,(H2,8,13). The molecule has 0 aliphatic carbocycles. The van der Waals surface area contributed by atoms with Gasteiger partial charge in [0, 0.05) is 20.0 Å². The van der Waals surface area contributed by atoms with Crippen LogP contribution in [0.4, 0.5) is 4.79 Å². The van der Waals surface area contributed by atoms with Gasteiger partial charge in [-0.2, -0.15) is 0 Å². The van der Waals surface area contributed by atoms with Crippen LogP contribution >= 0.6 is 12.2 Å². The number of likely N-dealkylation sites (N-methyl/N-ethyl adjacent to an activating group) is 1. The van der Waals surface area contributed by atoms with Crippen LogP contribution in [0.25, 0.3) is 0 Å². The average Bonchev–Trinajstić information content (AvgIpc) is 2.24. The maximum absolute atomic E-state index is 11.3. The molecule has 1 aliphatic rings. The SMILES string of the molecule is CN1CC(=O)N(CCC(N)=S)C1=O. The lowest BCUT2D eigenvalue weighted by Crippen LogP contribution is -2.34. The van der Waals surface area contributed by atoms with Crippen LogP contribution in [-0.2, 0) is 4.79 Å². The van der Waals surface area contributed by atoms with Crippen LogP contribution < -0.4 is 5.73 Å². The Labute approximate surface area is 81.5 Å². The van der Waals surface area contributed by atoms with E-state index in [4.69, 9.17) is 5.73 Å². The largest absolute Gasteiger partial charge is 0.393 e. The molecule has 0 aromatic rings. The van der Waals surface area contributed by atoms with Crippen molar-refractivity contribution in [3.8, 4) is 0 Å². The van der Waals surface area contributed by atoms with Gasteiger partial charge in [-0.25, -0.2) is 4.79 Å². The third-order valence-corrected chi connectivity index (χ3v) is 2.02. The third-order valence-electron chi connectivity index (χ3n) is 1.81. The Morgan fingerprint density at radius 1 is 1.62 bits per heavy atom. The summed E-state index contributed by atoms with van der Waals surface area (Å²) in [5.74, 6) is -0.191. The van der Waals surface area contributed by atoms with E-state index in [1.54, 1.807) is 7.05 Å². The first-order chi connectivity index (χ1) is 6.02. The molecule has 1 rings (SSSR count). The van der Waals surface area contributed by atoms with Gasteiger partial charge in [0.2, 0.25) is 5.91 Å². The number of nitrogens with two attached hydrogens (primary N) is 1. The highest BCUT2D eigenvalue weighted by atomic mass is 32.1. The van der Waals surface area contributed by atoms with Crippen molar-refractivity contribution in [2.75, 3.05) is 20.1 Å². The number of imide groups is 1. The van der Waals surface area contributed by atoms with Crippen LogP contribution in [-0.4, -0.2) is 46.9 Å². The highest BCUT2D eigenvalue weighted by Gasteiger charge is 2.32. The second kappa shape index (κ2) is 3.69. The molecule has 6 heteroatoms. The number of hydrogen-bond acceptors (Lipinski definition) is 3. The van der Waals surface area contributed by atoms with Crippen LogP contribution in [0.2, 0.25) is 0 Å². The van der Waals surface area contributed by atoms with Gasteiger partial charge in [0.15, 0.2) is 0 Å². The zero-order chi connectivity index (χ0) is 10.0. The van der Waals surface area contributed by atoms with E-state index < -0.39 is 0 Å². The fourth-order valence-corrected chi connectivity index (χ4v) is 1.20. The lowest BCUT2D eigenvalue weighted by molar-refractivity contribution is -0.125. The van der Waals surface area contributed by atoms with Crippen molar-refractivity contribution < 1.29 is 9.59 Å². The van der Waals surface area contributed by atoms with Crippen molar-refractivity contribution in [1.82, 2.24) is 9.80 Å². The van der Waals surface area contributed by atoms with Gasteiger partial charge in [0.1, 0.15) is 6.54 Å². The molecular formula is C7H11N3O2S. The Morgan fingerprint density at radius 2 is 2.23 bits per heavy atom. The average molecular weight is 201 g/mol. The number of rotatable bonds is 3. The molecule has 1 saturated heterocycles. The van der Waals surface area contributed by atoms with E-state index in [0.717, 1.165) is 0 Å². The molecule has 72 valence electrons. The Bertz CT molecular complexity index is 266. The number of urea groups is 1. The van der Waals surface area contributed by atoms with Crippen LogP contribution in [0.1, 0.15) is 6.42 Å². The molecule has 2 N–H and O–H groups in total. The molecule has 0 saturated carbocycles. The second-order valence-corrected chi connectivity index (χ2v) is 3.42. The van der Waals surface area contributed by atoms with Crippen molar-refractivity contribution in [2.24, 2.45) is 5.73 Å². The van der Waals surface area contributed by atoms with Crippen molar-refractivity contribution in [1.29, 1.82) is 0 Å². The fourth-order valence-electron chi connectivity index (χ4n) is 1.11. The summed E-state index contributed by atoms with van der Waals surface area (Å²) >= 11 is 4.65. The molecule has 13 heavy (non-hydrogen) atoms. The number of amides is 3. The summed E-state index contributed by atoms with van der Waals surface area (Å²) in [6.45, 7) is 0.438. The number of hydrogen-bond donors (Lipinski definition) is 1. The van der Waals surface area contributed by atoms with E-state index in [1.165, 1.54) is 9.80 Å². The van der Waals surface area contributed by atoms with Gasteiger partial charge in [-0.3, -0.25) is 9.69 Å². The lowest BCUT2D eigenvalue weighted by atomic mass is 10.4. The second-order valence-electron chi connectivity index (χ2n) is 2.90. The van der Waals surface area contributed by atoms with E-state index in [9.17, 15) is 9.59 Å². The molecule has 0 bridgehead atoms. The minimum absolute atomic E-state index is 0.149. The fraction of sp³-hybridized carbons (Fsp3) is 0.571. The maximum Gasteiger partial charge on any atom is 0.326 e. The molecule has 0 unspecified atom stereocenters. The van der Waals surface area contributed by atoms with Gasteiger partial charge in [-0.1, -0.05) is 12.2 Å². The maximum atomic E-state index is 11.3. The van der Waals surface area contributed by atoms with E-state index in [-0.39, 0.29) is 25.0 Å². The van der Waals surface area contributed by atoms with Gasteiger partial charge in [0.05, 0.1) is 4.99 Å². The lowest BCUT2D eigenvalue weighted by Gasteiger charge is -2.12. The van der Waals surface area contributed by atoms with Crippen molar-refractivity contribution in [3.63, 3.8) is 0 Å². The van der Waals surface area contributed by atoms with E-state index >= 15 is 0 Å².